The van der Waals surface area contributed by atoms with Gasteiger partial charge in [0.05, 0.1) is 0 Å². The lowest BCUT2D eigenvalue weighted by molar-refractivity contribution is 0.137. The topological polar surface area (TPSA) is 57.5 Å². The van der Waals surface area contributed by atoms with Gasteiger partial charge in [-0.2, -0.15) is 0 Å². The molecule has 0 radical (unpaired) electrons. The summed E-state index contributed by atoms with van der Waals surface area (Å²) in [6.45, 7) is 3.20. The summed E-state index contributed by atoms with van der Waals surface area (Å²) >= 11 is 0. The van der Waals surface area contributed by atoms with Gasteiger partial charge in [0.2, 0.25) is 0 Å². The summed E-state index contributed by atoms with van der Waals surface area (Å²) in [5.74, 6) is -0.782. The normalized spacial score (nSPS) is 9.45. The highest BCUT2D eigenvalue weighted by Crippen LogP contribution is 2.01. The molecule has 0 rings (SSSR count). The molecule has 0 saturated carbocycles. The van der Waals surface area contributed by atoms with Crippen LogP contribution in [0, 0.1) is 0 Å². The quantitative estimate of drug-likeness (QED) is 0.619. The second-order valence-electron chi connectivity index (χ2n) is 1.33. The standard InChI is InChI=1S/C5H6F2.CH2O3/c1-2-3-5(7)4-6;2-1(3)4/h2,4H,1,3H2;(H2,2,3,4). The lowest BCUT2D eigenvalue weighted by atomic mass is 10.4. The van der Waals surface area contributed by atoms with Gasteiger partial charge < -0.3 is 10.2 Å². The first-order valence-electron chi connectivity index (χ1n) is 2.52. The lowest BCUT2D eigenvalue weighted by Crippen LogP contribution is -1.81. The summed E-state index contributed by atoms with van der Waals surface area (Å²) in [7, 11) is 0. The molecule has 0 spiro atoms. The Morgan fingerprint density at radius 1 is 1.55 bits per heavy atom. The summed E-state index contributed by atoms with van der Waals surface area (Å²) in [4.78, 5) is 8.56. The predicted molar refractivity (Wildman–Crippen MR) is 35.8 cm³/mol. The van der Waals surface area contributed by atoms with E-state index in [-0.39, 0.29) is 12.8 Å². The van der Waals surface area contributed by atoms with Crippen LogP contribution in [0.2, 0.25) is 0 Å². The summed E-state index contributed by atoms with van der Waals surface area (Å²) < 4.78 is 22.5. The molecular weight excluding hydrogens is 158 g/mol. The van der Waals surface area contributed by atoms with Gasteiger partial charge in [-0.1, -0.05) is 6.08 Å². The fourth-order valence-electron chi connectivity index (χ4n) is 0.182. The molecule has 0 aliphatic rings. The Kier molecular flexibility index (Phi) is 9.63. The van der Waals surface area contributed by atoms with E-state index in [0.717, 1.165) is 0 Å². The second-order valence-corrected chi connectivity index (χ2v) is 1.33. The van der Waals surface area contributed by atoms with Crippen molar-refractivity contribution in [2.45, 2.75) is 6.42 Å². The SMILES string of the molecule is C=CCC(F)=CF.O=C(O)O. The third-order valence-electron chi connectivity index (χ3n) is 0.458. The summed E-state index contributed by atoms with van der Waals surface area (Å²) in [5.41, 5.74) is 0. The van der Waals surface area contributed by atoms with Crippen LogP contribution in [0.25, 0.3) is 0 Å². The molecule has 0 aromatic rings. The van der Waals surface area contributed by atoms with E-state index in [1.54, 1.807) is 0 Å². The van der Waals surface area contributed by atoms with Crippen molar-refractivity contribution >= 4 is 6.16 Å². The van der Waals surface area contributed by atoms with Crippen LogP contribution < -0.4 is 0 Å². The number of hydrogen-bond donors (Lipinski definition) is 2. The molecular formula is C6H8F2O3. The van der Waals surface area contributed by atoms with Crippen molar-refractivity contribution in [1.29, 1.82) is 0 Å². The van der Waals surface area contributed by atoms with Crippen LogP contribution in [0.4, 0.5) is 13.6 Å². The lowest BCUT2D eigenvalue weighted by Gasteiger charge is -1.79. The van der Waals surface area contributed by atoms with Crippen LogP contribution in [0.15, 0.2) is 24.8 Å². The molecule has 0 saturated heterocycles. The first-order chi connectivity index (χ1) is 5.04. The Labute approximate surface area is 62.3 Å². The molecule has 5 heteroatoms. The van der Waals surface area contributed by atoms with Gasteiger partial charge in [-0.3, -0.25) is 0 Å². The molecule has 0 amide bonds. The molecule has 3 nitrogen and oxygen atoms in total. The van der Waals surface area contributed by atoms with Crippen LogP contribution in [-0.4, -0.2) is 16.4 Å². The smallest absolute Gasteiger partial charge is 0.450 e. The van der Waals surface area contributed by atoms with Gasteiger partial charge in [-0.25, -0.2) is 13.6 Å². The van der Waals surface area contributed by atoms with Crippen molar-refractivity contribution in [3.63, 3.8) is 0 Å². The predicted octanol–water partition coefficient (Wildman–Crippen LogP) is 2.57. The van der Waals surface area contributed by atoms with Gasteiger partial charge in [-0.15, -0.1) is 6.58 Å². The first-order valence-corrected chi connectivity index (χ1v) is 2.52. The average Bonchev–Trinajstić information content (AvgIpc) is 1.87. The Balaban J connectivity index is 0. The third-order valence-corrected chi connectivity index (χ3v) is 0.458. The Bertz CT molecular complexity index is 150. The van der Waals surface area contributed by atoms with Gasteiger partial charge >= 0.3 is 6.16 Å². The molecule has 0 aliphatic heterocycles. The molecule has 11 heavy (non-hydrogen) atoms. The van der Waals surface area contributed by atoms with Crippen LogP contribution in [0.3, 0.4) is 0 Å². The van der Waals surface area contributed by atoms with Gasteiger partial charge in [0.1, 0.15) is 12.2 Å². The molecule has 0 bridgehead atoms. The number of halogens is 2. The minimum absolute atomic E-state index is 0.0174. The molecule has 0 unspecified atom stereocenters. The van der Waals surface area contributed by atoms with Crippen molar-refractivity contribution in [3.8, 4) is 0 Å². The van der Waals surface area contributed by atoms with E-state index in [1.807, 2.05) is 0 Å². The zero-order chi connectivity index (χ0) is 9.28. The summed E-state index contributed by atoms with van der Waals surface area (Å²) in [6.07, 6.45) is -0.621. The third kappa shape index (κ3) is 28.9. The molecule has 0 fully saturated rings. The molecule has 0 aliphatic carbocycles. The van der Waals surface area contributed by atoms with Gasteiger partial charge in [0.25, 0.3) is 0 Å². The number of carbonyl (C=O) groups is 1. The van der Waals surface area contributed by atoms with E-state index in [2.05, 4.69) is 6.58 Å². The largest absolute Gasteiger partial charge is 0.503 e. The Morgan fingerprint density at radius 2 is 1.91 bits per heavy atom. The maximum atomic E-state index is 11.5. The van der Waals surface area contributed by atoms with Crippen LogP contribution in [0.5, 0.6) is 0 Å². The van der Waals surface area contributed by atoms with Crippen molar-refractivity contribution in [2.24, 2.45) is 0 Å². The molecule has 2 N–H and O–H groups in total. The van der Waals surface area contributed by atoms with Crippen LogP contribution in [-0.2, 0) is 0 Å². The average molecular weight is 166 g/mol. The first kappa shape index (κ1) is 12.3. The van der Waals surface area contributed by atoms with Crippen LogP contribution in [0.1, 0.15) is 6.42 Å². The minimum atomic E-state index is -1.83. The fourth-order valence-corrected chi connectivity index (χ4v) is 0.182. The maximum absolute atomic E-state index is 11.5. The van der Waals surface area contributed by atoms with Gasteiger partial charge in [0, 0.05) is 6.42 Å². The van der Waals surface area contributed by atoms with E-state index in [9.17, 15) is 8.78 Å². The number of allylic oxidation sites excluding steroid dienone is 2. The monoisotopic (exact) mass is 166 g/mol. The number of rotatable bonds is 2. The van der Waals surface area contributed by atoms with Crippen molar-refractivity contribution in [2.75, 3.05) is 0 Å². The Morgan fingerprint density at radius 3 is 2.00 bits per heavy atom. The molecule has 64 valence electrons. The van der Waals surface area contributed by atoms with Gasteiger partial charge in [-0.05, 0) is 0 Å². The van der Waals surface area contributed by atoms with Crippen molar-refractivity contribution in [3.05, 3.63) is 24.8 Å². The Hall–Kier alpha value is -1.39. The van der Waals surface area contributed by atoms with E-state index in [0.29, 0.717) is 0 Å². The van der Waals surface area contributed by atoms with E-state index in [1.165, 1.54) is 6.08 Å². The molecule has 0 atom stereocenters. The highest BCUT2D eigenvalue weighted by atomic mass is 19.2. The van der Waals surface area contributed by atoms with E-state index >= 15 is 0 Å². The van der Waals surface area contributed by atoms with Gasteiger partial charge in [0.15, 0.2) is 0 Å². The summed E-state index contributed by atoms with van der Waals surface area (Å²) in [6, 6.07) is 0. The zero-order valence-corrected chi connectivity index (χ0v) is 5.63. The van der Waals surface area contributed by atoms with E-state index in [4.69, 9.17) is 15.0 Å². The van der Waals surface area contributed by atoms with E-state index < -0.39 is 12.0 Å². The fraction of sp³-hybridized carbons (Fsp3) is 0.167. The summed E-state index contributed by atoms with van der Waals surface area (Å²) in [5, 5.41) is 13.9. The number of carboxylic acid groups (broad SMARTS) is 2. The van der Waals surface area contributed by atoms with Crippen LogP contribution >= 0.6 is 0 Å². The molecule has 0 aromatic carbocycles. The highest BCUT2D eigenvalue weighted by Gasteiger charge is 1.84. The highest BCUT2D eigenvalue weighted by molar-refractivity contribution is 5.53. The number of hydrogen-bond acceptors (Lipinski definition) is 1. The van der Waals surface area contributed by atoms with Crippen molar-refractivity contribution < 1.29 is 23.8 Å². The van der Waals surface area contributed by atoms with Crippen molar-refractivity contribution in [1.82, 2.24) is 0 Å². The zero-order valence-electron chi connectivity index (χ0n) is 5.63. The maximum Gasteiger partial charge on any atom is 0.503 e. The molecule has 0 aromatic heterocycles. The molecule has 0 heterocycles. The minimum Gasteiger partial charge on any atom is -0.450 e. The second kappa shape index (κ2) is 8.61.